The van der Waals surface area contributed by atoms with Crippen molar-refractivity contribution in [1.29, 1.82) is 0 Å². The van der Waals surface area contributed by atoms with Gasteiger partial charge in [0, 0.05) is 6.04 Å². The maximum atomic E-state index is 3.59. The summed E-state index contributed by atoms with van der Waals surface area (Å²) in [5.41, 5.74) is 0. The Bertz CT molecular complexity index is 166. The van der Waals surface area contributed by atoms with Gasteiger partial charge in [-0.25, -0.2) is 0 Å². The van der Waals surface area contributed by atoms with Crippen LogP contribution in [0.3, 0.4) is 0 Å². The smallest absolute Gasteiger partial charge is 0.00682 e. The fourth-order valence-corrected chi connectivity index (χ4v) is 2.51. The minimum Gasteiger partial charge on any atom is -0.319 e. The molecule has 0 heterocycles. The van der Waals surface area contributed by atoms with Crippen LogP contribution in [0, 0.1) is 11.8 Å². The maximum Gasteiger partial charge on any atom is 0.00682 e. The van der Waals surface area contributed by atoms with Crippen molar-refractivity contribution in [3.05, 3.63) is 0 Å². The lowest BCUT2D eigenvalue weighted by Gasteiger charge is -2.36. The Labute approximate surface area is 87.8 Å². The third-order valence-corrected chi connectivity index (χ3v) is 3.80. The Balaban J connectivity index is 1.47. The molecule has 82 valence electrons. The van der Waals surface area contributed by atoms with Crippen LogP contribution in [0.1, 0.15) is 38.5 Å². The average Bonchev–Trinajstić information content (AvgIpc) is 2.96. The van der Waals surface area contributed by atoms with Crippen LogP contribution in [0.15, 0.2) is 0 Å². The monoisotopic (exact) mass is 196 g/mol. The lowest BCUT2D eigenvalue weighted by molar-refractivity contribution is 0.160. The van der Waals surface area contributed by atoms with E-state index in [-0.39, 0.29) is 0 Å². The van der Waals surface area contributed by atoms with Gasteiger partial charge in [-0.1, -0.05) is 0 Å². The normalized spacial score (nSPS) is 31.5. The Morgan fingerprint density at radius 2 is 1.86 bits per heavy atom. The molecular formula is C12H24N2. The zero-order chi connectivity index (χ0) is 9.80. The summed E-state index contributed by atoms with van der Waals surface area (Å²) < 4.78 is 0. The van der Waals surface area contributed by atoms with E-state index in [0.717, 1.165) is 17.9 Å². The molecule has 2 fully saturated rings. The van der Waals surface area contributed by atoms with E-state index in [9.17, 15) is 0 Å². The van der Waals surface area contributed by atoms with Crippen molar-refractivity contribution in [2.24, 2.45) is 11.8 Å². The molecule has 2 rings (SSSR count). The Kier molecular flexibility index (Phi) is 3.82. The van der Waals surface area contributed by atoms with Crippen molar-refractivity contribution in [1.82, 2.24) is 10.6 Å². The van der Waals surface area contributed by atoms with Gasteiger partial charge in [0.05, 0.1) is 0 Å². The average molecular weight is 196 g/mol. The van der Waals surface area contributed by atoms with Crippen LogP contribution in [-0.2, 0) is 0 Å². The van der Waals surface area contributed by atoms with E-state index < -0.39 is 0 Å². The molecule has 2 unspecified atom stereocenters. The van der Waals surface area contributed by atoms with Gasteiger partial charge < -0.3 is 10.6 Å². The van der Waals surface area contributed by atoms with Crippen molar-refractivity contribution in [2.45, 2.75) is 44.6 Å². The van der Waals surface area contributed by atoms with Crippen LogP contribution in [0.4, 0.5) is 0 Å². The molecule has 2 heteroatoms. The highest BCUT2D eigenvalue weighted by Gasteiger charge is 2.29. The summed E-state index contributed by atoms with van der Waals surface area (Å²) in [5, 5.41) is 6.89. The van der Waals surface area contributed by atoms with Crippen LogP contribution < -0.4 is 10.6 Å². The van der Waals surface area contributed by atoms with Gasteiger partial charge >= 0.3 is 0 Å². The second-order valence-corrected chi connectivity index (χ2v) is 5.03. The summed E-state index contributed by atoms with van der Waals surface area (Å²) in [4.78, 5) is 0. The van der Waals surface area contributed by atoms with Crippen LogP contribution in [0.25, 0.3) is 0 Å². The van der Waals surface area contributed by atoms with E-state index >= 15 is 0 Å². The molecule has 0 bridgehead atoms. The van der Waals surface area contributed by atoms with Crippen LogP contribution in [0.5, 0.6) is 0 Å². The Hall–Kier alpha value is -0.0800. The largest absolute Gasteiger partial charge is 0.319 e. The summed E-state index contributed by atoms with van der Waals surface area (Å²) in [6.45, 7) is 2.49. The van der Waals surface area contributed by atoms with Crippen LogP contribution in [-0.4, -0.2) is 26.2 Å². The van der Waals surface area contributed by atoms with Gasteiger partial charge in [0.15, 0.2) is 0 Å². The standard InChI is InChI=1S/C12H24N2/c1-13-9-11-5-4-10(11)3-2-8-14-12-6-7-12/h10-14H,2-9H2,1H3. The summed E-state index contributed by atoms with van der Waals surface area (Å²) in [7, 11) is 2.07. The molecular weight excluding hydrogens is 172 g/mol. The summed E-state index contributed by atoms with van der Waals surface area (Å²) in [6.07, 6.45) is 8.63. The quantitative estimate of drug-likeness (QED) is 0.606. The first-order valence-corrected chi connectivity index (χ1v) is 6.28. The molecule has 2 aliphatic rings. The van der Waals surface area contributed by atoms with E-state index in [1.54, 1.807) is 0 Å². The molecule has 0 aromatic heterocycles. The minimum atomic E-state index is 0.893. The van der Waals surface area contributed by atoms with Crippen molar-refractivity contribution in [3.8, 4) is 0 Å². The molecule has 0 saturated heterocycles. The van der Waals surface area contributed by atoms with Gasteiger partial charge in [-0.05, 0) is 70.5 Å². The molecule has 2 saturated carbocycles. The van der Waals surface area contributed by atoms with Crippen LogP contribution >= 0.6 is 0 Å². The highest BCUT2D eigenvalue weighted by Crippen LogP contribution is 2.36. The predicted octanol–water partition coefficient (Wildman–Crippen LogP) is 1.76. The molecule has 2 atom stereocenters. The molecule has 2 nitrogen and oxygen atoms in total. The highest BCUT2D eigenvalue weighted by atomic mass is 14.9. The maximum absolute atomic E-state index is 3.59. The van der Waals surface area contributed by atoms with Gasteiger partial charge in [0.2, 0.25) is 0 Å². The second kappa shape index (κ2) is 5.13. The third kappa shape index (κ3) is 2.96. The molecule has 0 amide bonds. The van der Waals surface area contributed by atoms with E-state index in [1.165, 1.54) is 51.6 Å². The van der Waals surface area contributed by atoms with Gasteiger partial charge in [-0.2, -0.15) is 0 Å². The number of rotatable bonds is 7. The molecule has 0 spiro atoms. The SMILES string of the molecule is CNCC1CCC1CCCNC1CC1. The lowest BCUT2D eigenvalue weighted by Crippen LogP contribution is -2.34. The first-order valence-electron chi connectivity index (χ1n) is 6.28. The minimum absolute atomic E-state index is 0.893. The highest BCUT2D eigenvalue weighted by molar-refractivity contribution is 4.83. The first kappa shape index (κ1) is 10.4. The second-order valence-electron chi connectivity index (χ2n) is 5.03. The van der Waals surface area contributed by atoms with Crippen molar-refractivity contribution >= 4 is 0 Å². The van der Waals surface area contributed by atoms with Crippen molar-refractivity contribution in [2.75, 3.05) is 20.1 Å². The summed E-state index contributed by atoms with van der Waals surface area (Å²) >= 11 is 0. The van der Waals surface area contributed by atoms with E-state index in [1.807, 2.05) is 0 Å². The van der Waals surface area contributed by atoms with Gasteiger partial charge in [-0.3, -0.25) is 0 Å². The predicted molar refractivity (Wildman–Crippen MR) is 60.4 cm³/mol. The molecule has 0 aromatic rings. The molecule has 0 aliphatic heterocycles. The summed E-state index contributed by atoms with van der Waals surface area (Å²) in [6, 6.07) is 0.893. The number of hydrogen-bond acceptors (Lipinski definition) is 2. The molecule has 0 radical (unpaired) electrons. The van der Waals surface area contributed by atoms with Crippen molar-refractivity contribution in [3.63, 3.8) is 0 Å². The van der Waals surface area contributed by atoms with Gasteiger partial charge in [-0.15, -0.1) is 0 Å². The zero-order valence-electron chi connectivity index (χ0n) is 9.39. The topological polar surface area (TPSA) is 24.1 Å². The molecule has 14 heavy (non-hydrogen) atoms. The number of hydrogen-bond donors (Lipinski definition) is 2. The van der Waals surface area contributed by atoms with Crippen molar-refractivity contribution < 1.29 is 0 Å². The van der Waals surface area contributed by atoms with Gasteiger partial charge in [0.1, 0.15) is 0 Å². The zero-order valence-corrected chi connectivity index (χ0v) is 9.39. The molecule has 0 aromatic carbocycles. The van der Waals surface area contributed by atoms with E-state index in [2.05, 4.69) is 17.7 Å². The summed E-state index contributed by atoms with van der Waals surface area (Å²) in [5.74, 6) is 2.02. The van der Waals surface area contributed by atoms with E-state index in [4.69, 9.17) is 0 Å². The van der Waals surface area contributed by atoms with Gasteiger partial charge in [0.25, 0.3) is 0 Å². The van der Waals surface area contributed by atoms with Crippen LogP contribution in [0.2, 0.25) is 0 Å². The first-order chi connectivity index (χ1) is 6.90. The van der Waals surface area contributed by atoms with E-state index in [0.29, 0.717) is 0 Å². The Morgan fingerprint density at radius 1 is 1.07 bits per heavy atom. The molecule has 2 aliphatic carbocycles. The number of nitrogens with one attached hydrogen (secondary N) is 2. The third-order valence-electron chi connectivity index (χ3n) is 3.80. The fraction of sp³-hybridized carbons (Fsp3) is 1.00. The lowest BCUT2D eigenvalue weighted by atomic mass is 9.71. The fourth-order valence-electron chi connectivity index (χ4n) is 2.51. The Morgan fingerprint density at radius 3 is 2.43 bits per heavy atom. The molecule has 2 N–H and O–H groups in total.